The van der Waals surface area contributed by atoms with Crippen molar-refractivity contribution in [3.63, 3.8) is 0 Å². The normalized spacial score (nSPS) is 16.8. The van der Waals surface area contributed by atoms with Crippen molar-refractivity contribution in [3.05, 3.63) is 74.9 Å². The lowest BCUT2D eigenvalue weighted by Gasteiger charge is -2.29. The first-order valence-electron chi connectivity index (χ1n) is 10.5. The van der Waals surface area contributed by atoms with Crippen molar-refractivity contribution in [2.24, 2.45) is 0 Å². The molecule has 1 heterocycles. The minimum Gasteiger partial charge on any atom is -0.416 e. The first-order chi connectivity index (χ1) is 15.9. The Morgan fingerprint density at radius 2 is 1.70 bits per heavy atom. The van der Waals surface area contributed by atoms with Crippen LogP contribution in [0.5, 0.6) is 5.75 Å². The summed E-state index contributed by atoms with van der Waals surface area (Å²) in [6.07, 6.45) is 4.56. The number of para-hydroxylation sites is 2. The summed E-state index contributed by atoms with van der Waals surface area (Å²) in [6, 6.07) is 11.3. The Labute approximate surface area is 194 Å². The van der Waals surface area contributed by atoms with Crippen molar-refractivity contribution < 1.29 is 24.0 Å². The van der Waals surface area contributed by atoms with Crippen molar-refractivity contribution in [2.75, 3.05) is 5.32 Å². The van der Waals surface area contributed by atoms with Gasteiger partial charge in [0.25, 0.3) is 11.8 Å². The van der Waals surface area contributed by atoms with Crippen LogP contribution < -0.4 is 10.1 Å². The van der Waals surface area contributed by atoms with E-state index in [-0.39, 0.29) is 33.8 Å². The van der Waals surface area contributed by atoms with E-state index in [0.717, 1.165) is 32.1 Å². The molecule has 2 amide bonds. The topological polar surface area (TPSA) is 119 Å². The van der Waals surface area contributed by atoms with Crippen molar-refractivity contribution in [1.82, 2.24) is 4.90 Å². The minimum absolute atomic E-state index is 0.00229. The van der Waals surface area contributed by atoms with Crippen LogP contribution in [0.2, 0.25) is 0 Å². The van der Waals surface area contributed by atoms with Gasteiger partial charge in [0.15, 0.2) is 0 Å². The highest BCUT2D eigenvalue weighted by Crippen LogP contribution is 2.32. The van der Waals surface area contributed by atoms with Crippen molar-refractivity contribution in [1.29, 1.82) is 0 Å². The molecule has 4 rings (SSSR count). The molecule has 1 fully saturated rings. The summed E-state index contributed by atoms with van der Waals surface area (Å²) in [5.74, 6) is -1.90. The highest BCUT2D eigenvalue weighted by molar-refractivity contribution is 6.48. The molecule has 2 aromatic carbocycles. The summed E-state index contributed by atoms with van der Waals surface area (Å²) in [4.78, 5) is 49.5. The summed E-state index contributed by atoms with van der Waals surface area (Å²) in [5, 5.41) is 13.8. The SMILES string of the molecule is O=C(Oc1ccccc1[N+](=O)[O-])c1ccc(NC2=C(Cl)C(=O)N(C3CCCCC3)C2=O)cc1. The Bertz CT molecular complexity index is 1160. The van der Waals surface area contributed by atoms with Gasteiger partial charge in [-0.25, -0.2) is 4.79 Å². The van der Waals surface area contributed by atoms with Crippen LogP contribution >= 0.6 is 11.6 Å². The van der Waals surface area contributed by atoms with E-state index in [1.165, 1.54) is 53.4 Å². The molecule has 0 aromatic heterocycles. The number of nitro benzene ring substituents is 1. The zero-order chi connectivity index (χ0) is 23.5. The van der Waals surface area contributed by atoms with Crippen LogP contribution in [0.3, 0.4) is 0 Å². The zero-order valence-corrected chi connectivity index (χ0v) is 18.2. The summed E-state index contributed by atoms with van der Waals surface area (Å²) in [5.41, 5.74) is 0.272. The lowest BCUT2D eigenvalue weighted by Crippen LogP contribution is -2.42. The highest BCUT2D eigenvalue weighted by atomic mass is 35.5. The fourth-order valence-corrected chi connectivity index (χ4v) is 4.20. The number of carbonyl (C=O) groups excluding carboxylic acids is 3. The molecular weight excluding hydrogens is 450 g/mol. The third-order valence-electron chi connectivity index (χ3n) is 5.65. The summed E-state index contributed by atoms with van der Waals surface area (Å²) in [7, 11) is 0. The molecule has 9 nitrogen and oxygen atoms in total. The molecule has 2 aliphatic rings. The van der Waals surface area contributed by atoms with E-state index in [9.17, 15) is 24.5 Å². The van der Waals surface area contributed by atoms with Gasteiger partial charge in [-0.2, -0.15) is 0 Å². The Morgan fingerprint density at radius 1 is 1.03 bits per heavy atom. The number of hydrogen-bond donors (Lipinski definition) is 1. The molecular formula is C23H20ClN3O6. The molecule has 0 radical (unpaired) electrons. The second-order valence-electron chi connectivity index (χ2n) is 7.78. The van der Waals surface area contributed by atoms with Crippen molar-refractivity contribution >= 4 is 40.8 Å². The first kappa shape index (κ1) is 22.5. The minimum atomic E-state index is -0.774. The van der Waals surface area contributed by atoms with Gasteiger partial charge in [0, 0.05) is 17.8 Å². The Kier molecular flexibility index (Phi) is 6.41. The number of amides is 2. The number of benzene rings is 2. The number of carbonyl (C=O) groups is 3. The molecule has 0 saturated heterocycles. The Balaban J connectivity index is 1.45. The first-order valence-corrected chi connectivity index (χ1v) is 10.8. The fraction of sp³-hybridized carbons (Fsp3) is 0.261. The van der Waals surface area contributed by atoms with Gasteiger partial charge in [0.05, 0.1) is 10.5 Å². The van der Waals surface area contributed by atoms with Crippen LogP contribution in [0, 0.1) is 10.1 Å². The fourth-order valence-electron chi connectivity index (χ4n) is 3.99. The van der Waals surface area contributed by atoms with Crippen LogP contribution in [0.1, 0.15) is 42.5 Å². The average Bonchev–Trinajstić information content (AvgIpc) is 3.03. The predicted octanol–water partition coefficient (Wildman–Crippen LogP) is 4.38. The Morgan fingerprint density at radius 3 is 2.36 bits per heavy atom. The molecule has 1 aliphatic heterocycles. The monoisotopic (exact) mass is 469 g/mol. The quantitative estimate of drug-likeness (QED) is 0.219. The second kappa shape index (κ2) is 9.41. The molecule has 0 bridgehead atoms. The molecule has 0 unspecified atom stereocenters. The van der Waals surface area contributed by atoms with Gasteiger partial charge < -0.3 is 10.1 Å². The number of hydrogen-bond acceptors (Lipinski definition) is 7. The third kappa shape index (κ3) is 4.58. The third-order valence-corrected chi connectivity index (χ3v) is 6.00. The lowest BCUT2D eigenvalue weighted by atomic mass is 9.94. The van der Waals surface area contributed by atoms with E-state index in [1.54, 1.807) is 0 Å². The molecule has 170 valence electrons. The molecule has 0 atom stereocenters. The smallest absolute Gasteiger partial charge is 0.343 e. The van der Waals surface area contributed by atoms with Gasteiger partial charge in [0.1, 0.15) is 10.7 Å². The number of ether oxygens (including phenoxy) is 1. The summed E-state index contributed by atoms with van der Waals surface area (Å²) < 4.78 is 5.16. The van der Waals surface area contributed by atoms with Gasteiger partial charge >= 0.3 is 11.7 Å². The van der Waals surface area contributed by atoms with Gasteiger partial charge in [-0.1, -0.05) is 43.0 Å². The number of nitrogens with zero attached hydrogens (tertiary/aromatic N) is 2. The summed E-state index contributed by atoms with van der Waals surface area (Å²) in [6.45, 7) is 0. The maximum absolute atomic E-state index is 12.9. The number of anilines is 1. The number of rotatable bonds is 6. The zero-order valence-electron chi connectivity index (χ0n) is 17.5. The lowest BCUT2D eigenvalue weighted by molar-refractivity contribution is -0.385. The molecule has 1 N–H and O–H groups in total. The van der Waals surface area contributed by atoms with Crippen LogP contribution in [-0.2, 0) is 9.59 Å². The van der Waals surface area contributed by atoms with Crippen LogP contribution in [-0.4, -0.2) is 33.6 Å². The molecule has 33 heavy (non-hydrogen) atoms. The highest BCUT2D eigenvalue weighted by Gasteiger charge is 2.42. The van der Waals surface area contributed by atoms with E-state index >= 15 is 0 Å². The molecule has 1 saturated carbocycles. The molecule has 10 heteroatoms. The molecule has 1 aliphatic carbocycles. The van der Waals surface area contributed by atoms with Crippen LogP contribution in [0.4, 0.5) is 11.4 Å². The van der Waals surface area contributed by atoms with Gasteiger partial charge in [-0.3, -0.25) is 24.6 Å². The number of esters is 1. The van der Waals surface area contributed by atoms with Gasteiger partial charge in [-0.05, 0) is 43.2 Å². The maximum atomic E-state index is 12.9. The molecule has 0 spiro atoms. The predicted molar refractivity (Wildman–Crippen MR) is 120 cm³/mol. The summed E-state index contributed by atoms with van der Waals surface area (Å²) >= 11 is 6.18. The van der Waals surface area contributed by atoms with E-state index in [4.69, 9.17) is 16.3 Å². The van der Waals surface area contributed by atoms with Gasteiger partial charge in [0.2, 0.25) is 5.75 Å². The van der Waals surface area contributed by atoms with Gasteiger partial charge in [-0.15, -0.1) is 0 Å². The number of nitro groups is 1. The number of halogens is 1. The largest absolute Gasteiger partial charge is 0.416 e. The number of nitrogens with one attached hydrogen (secondary N) is 1. The average molecular weight is 470 g/mol. The van der Waals surface area contributed by atoms with Crippen molar-refractivity contribution in [3.8, 4) is 5.75 Å². The van der Waals surface area contributed by atoms with E-state index in [0.29, 0.717) is 5.69 Å². The van der Waals surface area contributed by atoms with E-state index in [2.05, 4.69) is 5.32 Å². The Hall–Kier alpha value is -3.72. The maximum Gasteiger partial charge on any atom is 0.343 e. The van der Waals surface area contributed by atoms with Crippen molar-refractivity contribution in [2.45, 2.75) is 38.1 Å². The van der Waals surface area contributed by atoms with Crippen LogP contribution in [0.15, 0.2) is 59.3 Å². The van der Waals surface area contributed by atoms with E-state index < -0.39 is 22.7 Å². The molecule has 2 aromatic rings. The van der Waals surface area contributed by atoms with Crippen LogP contribution in [0.25, 0.3) is 0 Å². The number of imide groups is 1. The van der Waals surface area contributed by atoms with E-state index in [1.807, 2.05) is 0 Å². The standard InChI is InChI=1S/C23H20ClN3O6/c24-19-20(22(29)26(21(19)28)16-6-2-1-3-7-16)25-15-12-10-14(11-13-15)23(30)33-18-9-5-4-8-17(18)27(31)32/h4-5,8-13,16,25H,1-3,6-7H2. The second-order valence-corrected chi connectivity index (χ2v) is 8.16.